The molecular weight excluding hydrogens is 246 g/mol. The van der Waals surface area contributed by atoms with Gasteiger partial charge in [0.25, 0.3) is 5.91 Å². The van der Waals surface area contributed by atoms with Gasteiger partial charge in [-0.3, -0.25) is 4.79 Å². The number of esters is 1. The normalized spacial score (nSPS) is 23.8. The summed E-state index contributed by atoms with van der Waals surface area (Å²) in [5, 5.41) is -0.238. The van der Waals surface area contributed by atoms with Crippen LogP contribution >= 0.6 is 11.6 Å². The molecule has 1 saturated heterocycles. The van der Waals surface area contributed by atoms with Crippen molar-refractivity contribution in [1.82, 2.24) is 4.90 Å². The maximum atomic E-state index is 12.1. The van der Waals surface area contributed by atoms with Gasteiger partial charge in [0, 0.05) is 6.54 Å². The molecule has 0 aromatic carbocycles. The highest BCUT2D eigenvalue weighted by atomic mass is 35.5. The third-order valence-corrected chi connectivity index (χ3v) is 3.03. The maximum Gasteiger partial charge on any atom is 0.328 e. The summed E-state index contributed by atoms with van der Waals surface area (Å²) >= 11 is 5.98. The molecule has 17 heavy (non-hydrogen) atoms. The lowest BCUT2D eigenvalue weighted by atomic mass is 10.2. The van der Waals surface area contributed by atoms with E-state index < -0.39 is 12.0 Å². The Hall–Kier alpha value is -1.49. The van der Waals surface area contributed by atoms with E-state index in [1.807, 2.05) is 0 Å². The number of hydrogen-bond acceptors (Lipinski definition) is 4. The first-order chi connectivity index (χ1) is 8.13. The molecule has 0 N–H and O–H groups in total. The van der Waals surface area contributed by atoms with Crippen molar-refractivity contribution in [3.8, 4) is 0 Å². The minimum Gasteiger partial charge on any atom is -0.467 e. The number of alkyl halides is 1. The number of carbonyl (C=O) groups is 2. The second kappa shape index (κ2) is 4.79. The predicted molar refractivity (Wildman–Crippen MR) is 59.8 cm³/mol. The first kappa shape index (κ1) is 12.0. The van der Waals surface area contributed by atoms with Gasteiger partial charge in [-0.15, -0.1) is 11.6 Å². The van der Waals surface area contributed by atoms with E-state index in [9.17, 15) is 9.59 Å². The van der Waals surface area contributed by atoms with Gasteiger partial charge < -0.3 is 14.1 Å². The number of ether oxygens (including phenoxy) is 1. The second-order valence-corrected chi connectivity index (χ2v) is 4.42. The van der Waals surface area contributed by atoms with E-state index in [1.54, 1.807) is 12.1 Å². The minimum atomic E-state index is -0.625. The van der Waals surface area contributed by atoms with Crippen LogP contribution in [0.5, 0.6) is 0 Å². The first-order valence-corrected chi connectivity index (χ1v) is 5.63. The molecule has 1 aromatic heterocycles. The van der Waals surface area contributed by atoms with Gasteiger partial charge in [0.15, 0.2) is 5.76 Å². The highest BCUT2D eigenvalue weighted by molar-refractivity contribution is 6.21. The third kappa shape index (κ3) is 2.29. The first-order valence-electron chi connectivity index (χ1n) is 5.20. The van der Waals surface area contributed by atoms with Crippen LogP contribution in [0.15, 0.2) is 22.8 Å². The summed E-state index contributed by atoms with van der Waals surface area (Å²) in [5.41, 5.74) is 0. The molecule has 0 unspecified atom stereocenters. The van der Waals surface area contributed by atoms with Crippen molar-refractivity contribution in [2.75, 3.05) is 13.7 Å². The van der Waals surface area contributed by atoms with Crippen molar-refractivity contribution in [2.45, 2.75) is 17.8 Å². The molecule has 2 heterocycles. The van der Waals surface area contributed by atoms with E-state index in [1.165, 1.54) is 18.3 Å². The molecule has 0 radical (unpaired) electrons. The molecule has 0 saturated carbocycles. The molecule has 6 heteroatoms. The largest absolute Gasteiger partial charge is 0.467 e. The second-order valence-electron chi connectivity index (χ2n) is 3.81. The number of halogens is 1. The molecule has 0 aliphatic carbocycles. The Kier molecular flexibility index (Phi) is 3.38. The molecular formula is C11H12ClNO4. The number of amides is 1. The van der Waals surface area contributed by atoms with Gasteiger partial charge >= 0.3 is 5.97 Å². The van der Waals surface area contributed by atoms with Crippen LogP contribution < -0.4 is 0 Å². The molecule has 2 rings (SSSR count). The molecule has 0 spiro atoms. The number of furan rings is 1. The zero-order valence-electron chi connectivity index (χ0n) is 9.26. The maximum absolute atomic E-state index is 12.1. The van der Waals surface area contributed by atoms with Crippen LogP contribution in [0.1, 0.15) is 17.0 Å². The number of rotatable bonds is 2. The molecule has 1 amide bonds. The standard InChI is InChI=1S/C11H12ClNO4/c1-16-11(15)8-5-7(12)6-13(8)10(14)9-3-2-4-17-9/h2-4,7-8H,5-6H2,1H3/t7-,8+/m1/s1. The quantitative estimate of drug-likeness (QED) is 0.591. The van der Waals surface area contributed by atoms with Crippen LogP contribution in [-0.4, -0.2) is 41.8 Å². The number of methoxy groups -OCH3 is 1. The van der Waals surface area contributed by atoms with E-state index >= 15 is 0 Å². The molecule has 1 aliphatic heterocycles. The lowest BCUT2D eigenvalue weighted by Crippen LogP contribution is -2.41. The fraction of sp³-hybridized carbons (Fsp3) is 0.455. The summed E-state index contributed by atoms with van der Waals surface area (Å²) < 4.78 is 9.68. The van der Waals surface area contributed by atoms with Crippen LogP contribution in [-0.2, 0) is 9.53 Å². The smallest absolute Gasteiger partial charge is 0.328 e. The monoisotopic (exact) mass is 257 g/mol. The van der Waals surface area contributed by atoms with Gasteiger partial charge in [0.05, 0.1) is 18.8 Å². The fourth-order valence-electron chi connectivity index (χ4n) is 1.91. The number of hydrogen-bond donors (Lipinski definition) is 0. The Morgan fingerprint density at radius 2 is 2.35 bits per heavy atom. The number of carbonyl (C=O) groups excluding carboxylic acids is 2. The topological polar surface area (TPSA) is 59.8 Å². The summed E-state index contributed by atoms with van der Waals surface area (Å²) in [6.07, 6.45) is 1.81. The Balaban J connectivity index is 2.18. The van der Waals surface area contributed by atoms with Gasteiger partial charge in [0.2, 0.25) is 0 Å². The van der Waals surface area contributed by atoms with Gasteiger partial charge in [-0.05, 0) is 18.6 Å². The molecule has 1 aromatic rings. The molecule has 5 nitrogen and oxygen atoms in total. The lowest BCUT2D eigenvalue weighted by Gasteiger charge is -2.21. The summed E-state index contributed by atoms with van der Waals surface area (Å²) in [4.78, 5) is 25.0. The molecule has 92 valence electrons. The van der Waals surface area contributed by atoms with Crippen LogP contribution in [0.3, 0.4) is 0 Å². The highest BCUT2D eigenvalue weighted by Crippen LogP contribution is 2.25. The predicted octanol–water partition coefficient (Wildman–Crippen LogP) is 1.27. The van der Waals surface area contributed by atoms with E-state index in [4.69, 9.17) is 16.0 Å². The summed E-state index contributed by atoms with van der Waals surface area (Å²) in [5.74, 6) is -0.591. The third-order valence-electron chi connectivity index (χ3n) is 2.72. The van der Waals surface area contributed by atoms with Crippen LogP contribution in [0, 0.1) is 0 Å². The Bertz CT molecular complexity index is 417. The van der Waals surface area contributed by atoms with E-state index in [0.29, 0.717) is 13.0 Å². The average Bonchev–Trinajstić information content (AvgIpc) is 2.95. The van der Waals surface area contributed by atoms with Crippen molar-refractivity contribution >= 4 is 23.5 Å². The number of likely N-dealkylation sites (tertiary alicyclic amines) is 1. The Morgan fingerprint density at radius 3 is 2.94 bits per heavy atom. The van der Waals surface area contributed by atoms with Crippen molar-refractivity contribution in [1.29, 1.82) is 0 Å². The zero-order chi connectivity index (χ0) is 12.4. The summed E-state index contributed by atoms with van der Waals surface area (Å²) in [6, 6.07) is 2.55. The van der Waals surface area contributed by atoms with E-state index in [-0.39, 0.29) is 17.0 Å². The van der Waals surface area contributed by atoms with Gasteiger partial charge in [-0.25, -0.2) is 4.79 Å². The van der Waals surface area contributed by atoms with Gasteiger partial charge in [0.1, 0.15) is 6.04 Å². The molecule has 2 atom stereocenters. The van der Waals surface area contributed by atoms with Crippen LogP contribution in [0.2, 0.25) is 0 Å². The minimum absolute atomic E-state index is 0.199. The van der Waals surface area contributed by atoms with Crippen LogP contribution in [0.4, 0.5) is 0 Å². The molecule has 0 bridgehead atoms. The SMILES string of the molecule is COC(=O)[C@@H]1C[C@@H](Cl)CN1C(=O)c1ccco1. The molecule has 1 fully saturated rings. The summed E-state index contributed by atoms with van der Waals surface area (Å²) in [7, 11) is 1.29. The van der Waals surface area contributed by atoms with Gasteiger partial charge in [-0.2, -0.15) is 0 Å². The summed E-state index contributed by atoms with van der Waals surface area (Å²) in [6.45, 7) is 0.320. The van der Waals surface area contributed by atoms with Crippen molar-refractivity contribution in [2.24, 2.45) is 0 Å². The van der Waals surface area contributed by atoms with E-state index in [0.717, 1.165) is 0 Å². The van der Waals surface area contributed by atoms with Gasteiger partial charge in [-0.1, -0.05) is 0 Å². The van der Waals surface area contributed by atoms with Crippen molar-refractivity contribution in [3.05, 3.63) is 24.2 Å². The lowest BCUT2D eigenvalue weighted by molar-refractivity contribution is -0.145. The Labute approximate surface area is 103 Å². The highest BCUT2D eigenvalue weighted by Gasteiger charge is 2.40. The van der Waals surface area contributed by atoms with Crippen molar-refractivity contribution < 1.29 is 18.7 Å². The average molecular weight is 258 g/mol. The Morgan fingerprint density at radius 1 is 1.59 bits per heavy atom. The fourth-order valence-corrected chi connectivity index (χ4v) is 2.23. The van der Waals surface area contributed by atoms with E-state index in [2.05, 4.69) is 4.74 Å². The molecule has 1 aliphatic rings. The van der Waals surface area contributed by atoms with Crippen LogP contribution in [0.25, 0.3) is 0 Å². The zero-order valence-corrected chi connectivity index (χ0v) is 10.0. The number of nitrogens with zero attached hydrogens (tertiary/aromatic N) is 1. The van der Waals surface area contributed by atoms with Crippen molar-refractivity contribution in [3.63, 3.8) is 0 Å².